The van der Waals surface area contributed by atoms with Crippen molar-refractivity contribution >= 4 is 21.7 Å². The van der Waals surface area contributed by atoms with Crippen LogP contribution in [-0.4, -0.2) is 40.5 Å². The number of ketones is 1. The average Bonchev–Trinajstić information content (AvgIpc) is 2.69. The highest BCUT2D eigenvalue weighted by atomic mass is 79.9. The number of hydrogen-bond acceptors (Lipinski definition) is 3. The third-order valence-corrected chi connectivity index (χ3v) is 4.07. The van der Waals surface area contributed by atoms with E-state index >= 15 is 0 Å². The topological polar surface area (TPSA) is 40.5 Å². The molecule has 18 heavy (non-hydrogen) atoms. The van der Waals surface area contributed by atoms with Crippen molar-refractivity contribution in [1.29, 1.82) is 0 Å². The Bertz CT molecular complexity index is 442. The first-order chi connectivity index (χ1) is 8.39. The SMILES string of the molecule is CC(C(=O)c1ccc(Br)cc1)N1CCC(C)(O)C1. The van der Waals surface area contributed by atoms with Crippen molar-refractivity contribution in [3.05, 3.63) is 34.3 Å². The van der Waals surface area contributed by atoms with Crippen molar-refractivity contribution in [2.75, 3.05) is 13.1 Å². The van der Waals surface area contributed by atoms with Gasteiger partial charge in [-0.2, -0.15) is 0 Å². The van der Waals surface area contributed by atoms with Crippen LogP contribution in [0.1, 0.15) is 30.6 Å². The average molecular weight is 312 g/mol. The van der Waals surface area contributed by atoms with E-state index in [9.17, 15) is 9.90 Å². The lowest BCUT2D eigenvalue weighted by molar-refractivity contribution is 0.0597. The van der Waals surface area contributed by atoms with Crippen LogP contribution in [0.4, 0.5) is 0 Å². The van der Waals surface area contributed by atoms with Crippen LogP contribution < -0.4 is 0 Å². The molecule has 1 fully saturated rings. The molecule has 1 N–H and O–H groups in total. The molecule has 2 atom stereocenters. The lowest BCUT2D eigenvalue weighted by atomic mass is 10.0. The number of likely N-dealkylation sites (tertiary alicyclic amines) is 1. The van der Waals surface area contributed by atoms with Crippen molar-refractivity contribution in [3.63, 3.8) is 0 Å². The number of Topliss-reactive ketones (excluding diaryl/α,β-unsaturated/α-hetero) is 1. The number of aliphatic hydroxyl groups is 1. The van der Waals surface area contributed by atoms with E-state index in [0.29, 0.717) is 6.54 Å². The summed E-state index contributed by atoms with van der Waals surface area (Å²) in [6.07, 6.45) is 0.727. The summed E-state index contributed by atoms with van der Waals surface area (Å²) in [4.78, 5) is 14.4. The Kier molecular flexibility index (Phi) is 3.90. The van der Waals surface area contributed by atoms with Gasteiger partial charge in [0.2, 0.25) is 0 Å². The van der Waals surface area contributed by atoms with Gasteiger partial charge in [-0.25, -0.2) is 0 Å². The van der Waals surface area contributed by atoms with E-state index in [1.165, 1.54) is 0 Å². The molecule has 0 spiro atoms. The molecule has 1 aliphatic rings. The number of carbonyl (C=O) groups excluding carboxylic acids is 1. The lowest BCUT2D eigenvalue weighted by Gasteiger charge is -2.24. The second kappa shape index (κ2) is 5.11. The molecule has 98 valence electrons. The summed E-state index contributed by atoms with van der Waals surface area (Å²) in [6, 6.07) is 7.23. The van der Waals surface area contributed by atoms with Gasteiger partial charge in [-0.15, -0.1) is 0 Å². The Hall–Kier alpha value is -0.710. The summed E-state index contributed by atoms with van der Waals surface area (Å²) in [5, 5.41) is 9.94. The summed E-state index contributed by atoms with van der Waals surface area (Å²) in [7, 11) is 0. The van der Waals surface area contributed by atoms with Crippen molar-refractivity contribution in [2.45, 2.75) is 31.9 Å². The predicted octanol–water partition coefficient (Wildman–Crippen LogP) is 2.48. The minimum atomic E-state index is -0.658. The van der Waals surface area contributed by atoms with Crippen molar-refractivity contribution in [2.24, 2.45) is 0 Å². The fourth-order valence-electron chi connectivity index (χ4n) is 2.33. The molecule has 2 rings (SSSR count). The highest BCUT2D eigenvalue weighted by Crippen LogP contribution is 2.23. The minimum Gasteiger partial charge on any atom is -0.389 e. The summed E-state index contributed by atoms with van der Waals surface area (Å²) in [5.74, 6) is 0.111. The molecule has 0 radical (unpaired) electrons. The number of carbonyl (C=O) groups is 1. The molecular weight excluding hydrogens is 294 g/mol. The first-order valence-corrected chi connectivity index (χ1v) is 6.94. The molecule has 1 heterocycles. The maximum absolute atomic E-state index is 12.3. The molecular formula is C14H18BrNO2. The zero-order chi connectivity index (χ0) is 13.3. The molecule has 1 aromatic carbocycles. The second-order valence-electron chi connectivity index (χ2n) is 5.26. The zero-order valence-corrected chi connectivity index (χ0v) is 12.3. The number of β-amino-alcohol motifs (C(OH)–C–C–N with tert-alkyl or cyclic N) is 1. The maximum Gasteiger partial charge on any atom is 0.179 e. The number of halogens is 1. The van der Waals surface area contributed by atoms with Crippen LogP contribution in [0.2, 0.25) is 0 Å². The molecule has 1 saturated heterocycles. The smallest absolute Gasteiger partial charge is 0.179 e. The molecule has 1 aliphatic heterocycles. The minimum absolute atomic E-state index is 0.111. The van der Waals surface area contributed by atoms with Crippen LogP contribution in [0.25, 0.3) is 0 Å². The van der Waals surface area contributed by atoms with Crippen LogP contribution in [0.3, 0.4) is 0 Å². The van der Waals surface area contributed by atoms with E-state index in [4.69, 9.17) is 0 Å². The molecule has 0 aliphatic carbocycles. The van der Waals surface area contributed by atoms with Gasteiger partial charge < -0.3 is 5.11 Å². The molecule has 3 nitrogen and oxygen atoms in total. The van der Waals surface area contributed by atoms with Gasteiger partial charge in [-0.05, 0) is 32.4 Å². The molecule has 1 aromatic rings. The van der Waals surface area contributed by atoms with E-state index in [1.54, 1.807) is 0 Å². The third-order valence-electron chi connectivity index (χ3n) is 3.54. The van der Waals surface area contributed by atoms with Crippen LogP contribution in [0.5, 0.6) is 0 Å². The zero-order valence-electron chi connectivity index (χ0n) is 10.7. The Morgan fingerprint density at radius 1 is 1.44 bits per heavy atom. The molecule has 0 aromatic heterocycles. The third kappa shape index (κ3) is 2.99. The standard InChI is InChI=1S/C14H18BrNO2/c1-10(16-8-7-14(2,18)9-16)13(17)11-3-5-12(15)6-4-11/h3-6,10,18H,7-9H2,1-2H3. The van der Waals surface area contributed by atoms with Gasteiger partial charge in [0.05, 0.1) is 11.6 Å². The van der Waals surface area contributed by atoms with Gasteiger partial charge in [0.1, 0.15) is 0 Å². The van der Waals surface area contributed by atoms with Gasteiger partial charge in [-0.3, -0.25) is 9.69 Å². The highest BCUT2D eigenvalue weighted by molar-refractivity contribution is 9.10. The van der Waals surface area contributed by atoms with Crippen LogP contribution >= 0.6 is 15.9 Å². The van der Waals surface area contributed by atoms with Gasteiger partial charge in [0.15, 0.2) is 5.78 Å². The summed E-state index contributed by atoms with van der Waals surface area (Å²) in [5.41, 5.74) is 0.0612. The van der Waals surface area contributed by atoms with E-state index in [0.717, 1.165) is 23.0 Å². The molecule has 0 saturated carbocycles. The monoisotopic (exact) mass is 311 g/mol. The van der Waals surface area contributed by atoms with E-state index < -0.39 is 5.60 Å². The first-order valence-electron chi connectivity index (χ1n) is 6.15. The van der Waals surface area contributed by atoms with Gasteiger partial charge in [-0.1, -0.05) is 28.1 Å². The summed E-state index contributed by atoms with van der Waals surface area (Å²) >= 11 is 3.36. The number of hydrogen-bond donors (Lipinski definition) is 1. The fraction of sp³-hybridized carbons (Fsp3) is 0.500. The van der Waals surface area contributed by atoms with E-state index in [-0.39, 0.29) is 11.8 Å². The Labute approximate surface area is 116 Å². The number of rotatable bonds is 3. The second-order valence-corrected chi connectivity index (χ2v) is 6.18. The van der Waals surface area contributed by atoms with Crippen molar-refractivity contribution < 1.29 is 9.90 Å². The van der Waals surface area contributed by atoms with E-state index in [2.05, 4.69) is 15.9 Å². The Morgan fingerprint density at radius 3 is 2.56 bits per heavy atom. The molecule has 2 unspecified atom stereocenters. The fourth-order valence-corrected chi connectivity index (χ4v) is 2.60. The van der Waals surface area contributed by atoms with Crippen molar-refractivity contribution in [3.8, 4) is 0 Å². The van der Waals surface area contributed by atoms with Gasteiger partial charge in [0.25, 0.3) is 0 Å². The molecule has 0 amide bonds. The summed E-state index contributed by atoms with van der Waals surface area (Å²) < 4.78 is 0.968. The van der Waals surface area contributed by atoms with Gasteiger partial charge in [0, 0.05) is 23.1 Å². The van der Waals surface area contributed by atoms with Crippen LogP contribution in [-0.2, 0) is 0 Å². The highest BCUT2D eigenvalue weighted by Gasteiger charge is 2.35. The largest absolute Gasteiger partial charge is 0.389 e. The van der Waals surface area contributed by atoms with Crippen LogP contribution in [0, 0.1) is 0 Å². The predicted molar refractivity (Wildman–Crippen MR) is 74.7 cm³/mol. The van der Waals surface area contributed by atoms with Crippen molar-refractivity contribution in [1.82, 2.24) is 4.90 Å². The van der Waals surface area contributed by atoms with E-state index in [1.807, 2.05) is 43.0 Å². The normalized spacial score (nSPS) is 26.2. The molecule has 4 heteroatoms. The first kappa shape index (κ1) is 13.7. The van der Waals surface area contributed by atoms with Gasteiger partial charge >= 0.3 is 0 Å². The Morgan fingerprint density at radius 2 is 2.06 bits per heavy atom. The van der Waals surface area contributed by atoms with Crippen LogP contribution in [0.15, 0.2) is 28.7 Å². The number of benzene rings is 1. The summed E-state index contributed by atoms with van der Waals surface area (Å²) in [6.45, 7) is 5.07. The Balaban J connectivity index is 2.07. The maximum atomic E-state index is 12.3. The molecule has 0 bridgehead atoms. The quantitative estimate of drug-likeness (QED) is 0.872. The number of nitrogens with zero attached hydrogens (tertiary/aromatic N) is 1. The lowest BCUT2D eigenvalue weighted by Crippen LogP contribution is -2.40.